The summed E-state index contributed by atoms with van der Waals surface area (Å²) >= 11 is 0. The summed E-state index contributed by atoms with van der Waals surface area (Å²) in [4.78, 5) is 22.2. The second kappa shape index (κ2) is 7.36. The maximum Gasteiger partial charge on any atom is 0.253 e. The molecule has 0 radical (unpaired) electrons. The Bertz CT molecular complexity index is 998. The van der Waals surface area contributed by atoms with E-state index in [2.05, 4.69) is 26.9 Å². The minimum absolute atomic E-state index is 0.164. The first-order valence-corrected chi connectivity index (χ1v) is 10.3. The molecule has 2 aliphatic heterocycles. The highest BCUT2D eigenvalue weighted by Crippen LogP contribution is 2.25. The number of rotatable bonds is 2. The van der Waals surface area contributed by atoms with Gasteiger partial charge in [0.25, 0.3) is 5.91 Å². The predicted molar refractivity (Wildman–Crippen MR) is 112 cm³/mol. The van der Waals surface area contributed by atoms with Crippen molar-refractivity contribution in [1.82, 2.24) is 14.8 Å². The average molecular weight is 371 g/mol. The zero-order valence-electron chi connectivity index (χ0n) is 16.1. The molecule has 2 aromatic carbocycles. The molecule has 0 aliphatic carbocycles. The summed E-state index contributed by atoms with van der Waals surface area (Å²) in [6.45, 7) is 4.06. The van der Waals surface area contributed by atoms with Crippen LogP contribution in [0, 0.1) is 0 Å². The first kappa shape index (κ1) is 17.4. The number of carbonyl (C=O) groups is 1. The van der Waals surface area contributed by atoms with E-state index in [1.807, 2.05) is 48.7 Å². The lowest BCUT2D eigenvalue weighted by Gasteiger charge is -2.25. The topological polar surface area (TPSA) is 36.4 Å². The van der Waals surface area contributed by atoms with Gasteiger partial charge in [0.05, 0.1) is 5.52 Å². The zero-order chi connectivity index (χ0) is 18.9. The molecule has 0 bridgehead atoms. The highest BCUT2D eigenvalue weighted by Gasteiger charge is 2.30. The Balaban J connectivity index is 1.35. The van der Waals surface area contributed by atoms with Crippen LogP contribution < -0.4 is 0 Å². The van der Waals surface area contributed by atoms with Gasteiger partial charge in [-0.25, -0.2) is 0 Å². The third-order valence-electron chi connectivity index (χ3n) is 6.15. The molecule has 3 heterocycles. The monoisotopic (exact) mass is 371 g/mol. The van der Waals surface area contributed by atoms with Crippen LogP contribution in [0.3, 0.4) is 0 Å². The molecule has 28 heavy (non-hydrogen) atoms. The Morgan fingerprint density at radius 3 is 2.64 bits per heavy atom. The first-order chi connectivity index (χ1) is 13.8. The molecule has 4 nitrogen and oxygen atoms in total. The maximum absolute atomic E-state index is 13.1. The molecule has 0 spiro atoms. The number of fused-ring (bicyclic) bond motifs is 2. The van der Waals surface area contributed by atoms with Crippen LogP contribution in [-0.2, 0) is 0 Å². The van der Waals surface area contributed by atoms with Gasteiger partial charge in [0, 0.05) is 48.4 Å². The van der Waals surface area contributed by atoms with Crippen molar-refractivity contribution in [3.63, 3.8) is 0 Å². The minimum Gasteiger partial charge on any atom is -0.337 e. The molecule has 3 aromatic rings. The Kier molecular flexibility index (Phi) is 4.57. The van der Waals surface area contributed by atoms with Crippen molar-refractivity contribution in [2.24, 2.45) is 0 Å². The van der Waals surface area contributed by atoms with Crippen LogP contribution in [0.2, 0.25) is 0 Å². The van der Waals surface area contributed by atoms with E-state index < -0.39 is 0 Å². The van der Waals surface area contributed by atoms with Gasteiger partial charge in [-0.1, -0.05) is 30.3 Å². The quantitative estimate of drug-likeness (QED) is 0.677. The number of hydrogen-bond donors (Lipinski definition) is 0. The average Bonchev–Trinajstić information content (AvgIpc) is 3.09. The molecule has 0 saturated carbocycles. The number of amides is 1. The third-order valence-corrected chi connectivity index (χ3v) is 6.15. The number of carbonyl (C=O) groups excluding carboxylic acids is 1. The molecule has 0 unspecified atom stereocenters. The lowest BCUT2D eigenvalue weighted by Crippen LogP contribution is -2.39. The van der Waals surface area contributed by atoms with Gasteiger partial charge in [-0.05, 0) is 55.6 Å². The van der Waals surface area contributed by atoms with E-state index >= 15 is 0 Å². The van der Waals surface area contributed by atoms with Crippen LogP contribution in [0.4, 0.5) is 0 Å². The molecule has 1 atom stereocenters. The van der Waals surface area contributed by atoms with Gasteiger partial charge < -0.3 is 4.90 Å². The van der Waals surface area contributed by atoms with Crippen molar-refractivity contribution in [2.75, 3.05) is 26.2 Å². The van der Waals surface area contributed by atoms with E-state index in [4.69, 9.17) is 0 Å². The molecule has 142 valence electrons. The van der Waals surface area contributed by atoms with Crippen LogP contribution in [0.25, 0.3) is 22.0 Å². The van der Waals surface area contributed by atoms with E-state index in [1.165, 1.54) is 19.4 Å². The largest absolute Gasteiger partial charge is 0.337 e. The van der Waals surface area contributed by atoms with E-state index in [0.29, 0.717) is 6.04 Å². The fourth-order valence-electron chi connectivity index (χ4n) is 4.61. The Morgan fingerprint density at radius 1 is 0.929 bits per heavy atom. The molecule has 1 aromatic heterocycles. The van der Waals surface area contributed by atoms with Gasteiger partial charge in [0.15, 0.2) is 0 Å². The molecule has 2 aliphatic rings. The van der Waals surface area contributed by atoms with Crippen molar-refractivity contribution in [3.8, 4) is 11.1 Å². The number of pyridine rings is 1. The highest BCUT2D eigenvalue weighted by molar-refractivity contribution is 5.95. The maximum atomic E-state index is 13.1. The molecule has 1 amide bonds. The van der Waals surface area contributed by atoms with Crippen LogP contribution >= 0.6 is 0 Å². The second-order valence-electron chi connectivity index (χ2n) is 7.93. The Morgan fingerprint density at radius 2 is 1.75 bits per heavy atom. The van der Waals surface area contributed by atoms with Crippen molar-refractivity contribution >= 4 is 16.8 Å². The van der Waals surface area contributed by atoms with Crippen LogP contribution in [-0.4, -0.2) is 52.9 Å². The van der Waals surface area contributed by atoms with Crippen molar-refractivity contribution < 1.29 is 4.79 Å². The third kappa shape index (κ3) is 3.29. The number of hydrogen-bond acceptors (Lipinski definition) is 3. The smallest absolute Gasteiger partial charge is 0.253 e. The number of para-hydroxylation sites is 1. The summed E-state index contributed by atoms with van der Waals surface area (Å²) < 4.78 is 0. The van der Waals surface area contributed by atoms with E-state index in [9.17, 15) is 4.79 Å². The zero-order valence-corrected chi connectivity index (χ0v) is 16.1. The van der Waals surface area contributed by atoms with Crippen LogP contribution in [0.1, 0.15) is 29.6 Å². The summed E-state index contributed by atoms with van der Waals surface area (Å²) in [5.74, 6) is 0.164. The van der Waals surface area contributed by atoms with Crippen molar-refractivity contribution in [3.05, 3.63) is 66.4 Å². The molecule has 2 fully saturated rings. The molecule has 2 saturated heterocycles. The fraction of sp³-hybridized carbons (Fsp3) is 0.333. The summed E-state index contributed by atoms with van der Waals surface area (Å²) in [5.41, 5.74) is 3.95. The fourth-order valence-corrected chi connectivity index (χ4v) is 4.61. The van der Waals surface area contributed by atoms with E-state index in [0.717, 1.165) is 53.6 Å². The van der Waals surface area contributed by atoms with Crippen molar-refractivity contribution in [2.45, 2.75) is 25.3 Å². The summed E-state index contributed by atoms with van der Waals surface area (Å²) in [6, 6.07) is 18.8. The van der Waals surface area contributed by atoms with E-state index in [1.54, 1.807) is 0 Å². The van der Waals surface area contributed by atoms with Crippen molar-refractivity contribution in [1.29, 1.82) is 0 Å². The molecular weight excluding hydrogens is 346 g/mol. The van der Waals surface area contributed by atoms with Crippen LogP contribution in [0.5, 0.6) is 0 Å². The normalized spacial score (nSPS) is 20.1. The lowest BCUT2D eigenvalue weighted by molar-refractivity contribution is 0.0743. The van der Waals surface area contributed by atoms with Gasteiger partial charge in [0.2, 0.25) is 0 Å². The summed E-state index contributed by atoms with van der Waals surface area (Å²) in [7, 11) is 0. The molecule has 5 rings (SSSR count). The van der Waals surface area contributed by atoms with Gasteiger partial charge in [0.1, 0.15) is 0 Å². The van der Waals surface area contributed by atoms with E-state index in [-0.39, 0.29) is 5.91 Å². The summed E-state index contributed by atoms with van der Waals surface area (Å²) in [6.07, 6.45) is 5.46. The highest BCUT2D eigenvalue weighted by atomic mass is 16.2. The Hall–Kier alpha value is -2.72. The Labute approximate surface area is 165 Å². The second-order valence-corrected chi connectivity index (χ2v) is 7.93. The molecular formula is C24H25N3O. The number of nitrogens with zero attached hydrogens (tertiary/aromatic N) is 3. The predicted octanol–water partition coefficient (Wildman–Crippen LogP) is 4.21. The van der Waals surface area contributed by atoms with Gasteiger partial charge in [-0.3, -0.25) is 14.7 Å². The first-order valence-electron chi connectivity index (χ1n) is 10.3. The van der Waals surface area contributed by atoms with Crippen LogP contribution in [0.15, 0.2) is 60.8 Å². The standard InChI is InChI=1S/C24H25N3O/c28-24(27-14-4-13-26-12-3-6-22(26)17-27)19-10-8-18(9-11-19)21-15-20-5-1-2-7-23(20)25-16-21/h1-2,5,7-11,15-16,22H,3-4,6,12-14,17H2/t22-/m0/s1. The number of benzene rings is 2. The summed E-state index contributed by atoms with van der Waals surface area (Å²) in [5, 5.41) is 1.13. The lowest BCUT2D eigenvalue weighted by atomic mass is 10.0. The minimum atomic E-state index is 0.164. The molecule has 4 heteroatoms. The van der Waals surface area contributed by atoms with Gasteiger partial charge in [-0.15, -0.1) is 0 Å². The molecule has 0 N–H and O–H groups in total. The van der Waals surface area contributed by atoms with Gasteiger partial charge in [-0.2, -0.15) is 0 Å². The number of aromatic nitrogens is 1. The SMILES string of the molecule is O=C(c1ccc(-c2cnc3ccccc3c2)cc1)N1CCCN2CCC[C@H]2C1. The van der Waals surface area contributed by atoms with Gasteiger partial charge >= 0.3 is 0 Å².